The Bertz CT molecular complexity index is 175. The molecule has 0 unspecified atom stereocenters. The van der Waals surface area contributed by atoms with Gasteiger partial charge in [0.25, 0.3) is 0 Å². The molecule has 0 aromatic carbocycles. The molecule has 2 nitrogen and oxygen atoms in total. The molecule has 108 valence electrons. The number of nitrogens with zero attached hydrogens (tertiary/aromatic N) is 2. The van der Waals surface area contributed by atoms with Crippen LogP contribution in [0.3, 0.4) is 0 Å². The fourth-order valence-corrected chi connectivity index (χ4v) is 7.88. The SMILES string of the molecule is CC(C)N(C)CC[CH2][In]([CH3])[CH2]CCN(C)C(C)C. The van der Waals surface area contributed by atoms with E-state index in [1.54, 1.807) is 8.35 Å². The van der Waals surface area contributed by atoms with Crippen molar-refractivity contribution in [1.29, 1.82) is 0 Å². The zero-order chi connectivity index (χ0) is 14.1. The molecule has 0 aliphatic rings. The molecule has 0 rings (SSSR count). The van der Waals surface area contributed by atoms with E-state index >= 15 is 0 Å². The van der Waals surface area contributed by atoms with E-state index in [4.69, 9.17) is 0 Å². The molecule has 0 amide bonds. The van der Waals surface area contributed by atoms with Gasteiger partial charge in [0.05, 0.1) is 0 Å². The predicted molar refractivity (Wildman–Crippen MR) is 86.0 cm³/mol. The summed E-state index contributed by atoms with van der Waals surface area (Å²) in [5.74, 6) is 0. The molecule has 0 spiro atoms. The first-order valence-electron chi connectivity index (χ1n) is 7.75. The van der Waals surface area contributed by atoms with Crippen LogP contribution in [0.5, 0.6) is 0 Å². The van der Waals surface area contributed by atoms with Gasteiger partial charge in [-0.25, -0.2) is 0 Å². The van der Waals surface area contributed by atoms with Gasteiger partial charge in [-0.3, -0.25) is 0 Å². The third kappa shape index (κ3) is 9.69. The van der Waals surface area contributed by atoms with Crippen LogP contribution in [-0.2, 0) is 0 Å². The molecule has 0 fully saturated rings. The minimum atomic E-state index is -1.11. The molecule has 0 N–H and O–H groups in total. The molecule has 0 aromatic heterocycles. The Morgan fingerprint density at radius 3 is 1.39 bits per heavy atom. The Balaban J connectivity index is 3.51. The van der Waals surface area contributed by atoms with E-state index in [0.717, 1.165) is 0 Å². The van der Waals surface area contributed by atoms with Crippen molar-refractivity contribution < 1.29 is 0 Å². The number of rotatable bonds is 10. The van der Waals surface area contributed by atoms with Crippen molar-refractivity contribution in [3.8, 4) is 0 Å². The molecule has 0 bridgehead atoms. The first kappa shape index (κ1) is 18.8. The fraction of sp³-hybridized carbons (Fsp3) is 1.00. The van der Waals surface area contributed by atoms with Crippen molar-refractivity contribution in [3.05, 3.63) is 0 Å². The summed E-state index contributed by atoms with van der Waals surface area (Å²) in [5.41, 5.74) is 0. The van der Waals surface area contributed by atoms with Crippen molar-refractivity contribution in [3.63, 3.8) is 0 Å². The van der Waals surface area contributed by atoms with Gasteiger partial charge in [0.15, 0.2) is 0 Å². The zero-order valence-electron chi connectivity index (χ0n) is 13.9. The van der Waals surface area contributed by atoms with Crippen molar-refractivity contribution >= 4 is 21.4 Å². The molecule has 18 heavy (non-hydrogen) atoms. The van der Waals surface area contributed by atoms with Crippen LogP contribution in [0.15, 0.2) is 0 Å². The normalized spacial score (nSPS) is 12.2. The molecule has 0 aromatic rings. The van der Waals surface area contributed by atoms with E-state index in [0.29, 0.717) is 12.1 Å². The van der Waals surface area contributed by atoms with Crippen molar-refractivity contribution in [2.75, 3.05) is 27.2 Å². The first-order chi connectivity index (χ1) is 8.34. The Morgan fingerprint density at radius 1 is 0.778 bits per heavy atom. The molecular weight excluding hydrogens is 323 g/mol. The minimum absolute atomic E-state index is 0.704. The van der Waals surface area contributed by atoms with E-state index in [1.807, 2.05) is 0 Å². The molecule has 0 radical (unpaired) electrons. The summed E-state index contributed by atoms with van der Waals surface area (Å²) in [5, 5.41) is 0. The zero-order valence-corrected chi connectivity index (χ0v) is 17.2. The molecular formula is C15H35InN2. The molecule has 0 aliphatic carbocycles. The van der Waals surface area contributed by atoms with Gasteiger partial charge < -0.3 is 0 Å². The topological polar surface area (TPSA) is 6.48 Å². The summed E-state index contributed by atoms with van der Waals surface area (Å²) in [6, 6.07) is 1.41. The van der Waals surface area contributed by atoms with Gasteiger partial charge in [-0.2, -0.15) is 0 Å². The van der Waals surface area contributed by atoms with Crippen LogP contribution in [-0.4, -0.2) is 70.5 Å². The molecule has 0 aliphatic heterocycles. The Labute approximate surface area is 124 Å². The average molecular weight is 358 g/mol. The van der Waals surface area contributed by atoms with Crippen molar-refractivity contribution in [1.82, 2.24) is 9.80 Å². The third-order valence-electron chi connectivity index (χ3n) is 4.18. The Kier molecular flexibility index (Phi) is 11.0. The monoisotopic (exact) mass is 358 g/mol. The van der Waals surface area contributed by atoms with Crippen LogP contribution >= 0.6 is 0 Å². The molecule has 0 saturated carbocycles. The van der Waals surface area contributed by atoms with Crippen LogP contribution in [0, 0.1) is 0 Å². The van der Waals surface area contributed by atoms with Crippen molar-refractivity contribution in [2.45, 2.75) is 65.7 Å². The van der Waals surface area contributed by atoms with Gasteiger partial charge in [0, 0.05) is 0 Å². The van der Waals surface area contributed by atoms with Gasteiger partial charge >= 0.3 is 124 Å². The van der Waals surface area contributed by atoms with E-state index in [-0.39, 0.29) is 0 Å². The molecule has 0 atom stereocenters. The average Bonchev–Trinajstić information content (AvgIpc) is 2.28. The maximum atomic E-state index is 2.62. The van der Waals surface area contributed by atoms with Crippen molar-refractivity contribution in [2.24, 2.45) is 0 Å². The van der Waals surface area contributed by atoms with Gasteiger partial charge in [0.1, 0.15) is 0 Å². The molecule has 3 heteroatoms. The second-order valence-electron chi connectivity index (χ2n) is 6.54. The van der Waals surface area contributed by atoms with E-state index in [9.17, 15) is 0 Å². The standard InChI is InChI=1S/2C7H16N.CH3.In/c2*1-5-6-8(4)7(2)3;;/h2*7H,1,5-6H2,2-4H3;1H3;. The number of hydrogen-bond donors (Lipinski definition) is 0. The van der Waals surface area contributed by atoms with Gasteiger partial charge in [-0.1, -0.05) is 0 Å². The summed E-state index contributed by atoms with van der Waals surface area (Å²) in [7, 11) is 4.50. The quantitative estimate of drug-likeness (QED) is 0.589. The molecule has 0 heterocycles. The summed E-state index contributed by atoms with van der Waals surface area (Å²) in [6.45, 7) is 11.7. The van der Waals surface area contributed by atoms with Gasteiger partial charge in [0.2, 0.25) is 0 Å². The van der Waals surface area contributed by atoms with Gasteiger partial charge in [-0.15, -0.1) is 0 Å². The fourth-order valence-electron chi connectivity index (χ4n) is 2.04. The molecule has 0 saturated heterocycles. The summed E-state index contributed by atoms with van der Waals surface area (Å²) >= 11 is -1.11. The third-order valence-corrected chi connectivity index (χ3v) is 12.1. The number of hydrogen-bond acceptors (Lipinski definition) is 2. The van der Waals surface area contributed by atoms with Crippen LogP contribution < -0.4 is 0 Å². The Hall–Kier alpha value is 0.790. The maximum absolute atomic E-state index is 2.62. The van der Waals surface area contributed by atoms with E-state index < -0.39 is 21.4 Å². The predicted octanol–water partition coefficient (Wildman–Crippen LogP) is 3.57. The van der Waals surface area contributed by atoms with Gasteiger partial charge in [-0.05, 0) is 0 Å². The summed E-state index contributed by atoms with van der Waals surface area (Å²) in [4.78, 5) is 4.95. The van der Waals surface area contributed by atoms with Crippen LogP contribution in [0.1, 0.15) is 40.5 Å². The van der Waals surface area contributed by atoms with E-state index in [2.05, 4.69) is 56.3 Å². The van der Waals surface area contributed by atoms with E-state index in [1.165, 1.54) is 25.9 Å². The second kappa shape index (κ2) is 10.6. The van der Waals surface area contributed by atoms with Crippen LogP contribution in [0.4, 0.5) is 0 Å². The van der Waals surface area contributed by atoms with Crippen LogP contribution in [0.25, 0.3) is 0 Å². The summed E-state index contributed by atoms with van der Waals surface area (Å²) < 4.78 is 5.79. The Morgan fingerprint density at radius 2 is 1.11 bits per heavy atom. The van der Waals surface area contributed by atoms with Crippen LogP contribution in [0.2, 0.25) is 13.0 Å². The second-order valence-corrected chi connectivity index (χ2v) is 16.1. The first-order valence-corrected chi connectivity index (χ1v) is 15.7. The summed E-state index contributed by atoms with van der Waals surface area (Å²) in [6.07, 6.45) is 2.87.